The molecule has 0 bridgehead atoms. The standard InChI is InChI=1S/C23H25NO/c1-22(2,20-11-7-4-8-12-20)23(24)16-13-21(14-17-23)25-18-15-19-9-5-3-6-10-19/h3-16,18H,17,24H2,1-2H3. The second kappa shape index (κ2) is 7.12. The SMILES string of the molecule is CC(C)(c1ccccc1)C1(N)C=CC(OC=Cc2ccccc2)=CC1. The Bertz CT molecular complexity index is 787. The number of hydrogen-bond donors (Lipinski definition) is 1. The van der Waals surface area contributed by atoms with Crippen LogP contribution in [0.2, 0.25) is 0 Å². The van der Waals surface area contributed by atoms with Gasteiger partial charge in [-0.3, -0.25) is 0 Å². The molecule has 1 aliphatic carbocycles. The van der Waals surface area contributed by atoms with Crippen LogP contribution in [-0.4, -0.2) is 5.54 Å². The van der Waals surface area contributed by atoms with E-state index in [1.165, 1.54) is 5.56 Å². The average Bonchev–Trinajstić information content (AvgIpc) is 2.65. The van der Waals surface area contributed by atoms with Gasteiger partial charge in [0.1, 0.15) is 5.76 Å². The van der Waals surface area contributed by atoms with E-state index in [0.29, 0.717) is 0 Å². The highest BCUT2D eigenvalue weighted by molar-refractivity contribution is 5.48. The number of allylic oxidation sites excluding steroid dienone is 1. The highest BCUT2D eigenvalue weighted by Crippen LogP contribution is 2.39. The van der Waals surface area contributed by atoms with Crippen molar-refractivity contribution < 1.29 is 4.74 Å². The van der Waals surface area contributed by atoms with E-state index in [9.17, 15) is 0 Å². The van der Waals surface area contributed by atoms with Gasteiger partial charge in [-0.2, -0.15) is 0 Å². The molecule has 0 spiro atoms. The molecule has 25 heavy (non-hydrogen) atoms. The van der Waals surface area contributed by atoms with Gasteiger partial charge in [-0.05, 0) is 35.8 Å². The third-order valence-corrected chi connectivity index (χ3v) is 5.11. The average molecular weight is 331 g/mol. The van der Waals surface area contributed by atoms with Crippen LogP contribution < -0.4 is 5.73 Å². The zero-order valence-corrected chi connectivity index (χ0v) is 14.9. The molecule has 2 heteroatoms. The Morgan fingerprint density at radius 3 is 2.24 bits per heavy atom. The molecule has 2 aromatic rings. The van der Waals surface area contributed by atoms with Gasteiger partial charge >= 0.3 is 0 Å². The van der Waals surface area contributed by atoms with E-state index >= 15 is 0 Å². The number of benzene rings is 2. The van der Waals surface area contributed by atoms with Gasteiger partial charge in [-0.25, -0.2) is 0 Å². The lowest BCUT2D eigenvalue weighted by atomic mass is 9.65. The van der Waals surface area contributed by atoms with Gasteiger partial charge < -0.3 is 10.5 Å². The van der Waals surface area contributed by atoms with E-state index in [1.807, 2.05) is 48.6 Å². The summed E-state index contributed by atoms with van der Waals surface area (Å²) in [6, 6.07) is 20.5. The number of nitrogens with two attached hydrogens (primary N) is 1. The first-order valence-electron chi connectivity index (χ1n) is 8.63. The summed E-state index contributed by atoms with van der Waals surface area (Å²) in [5, 5.41) is 0. The fourth-order valence-corrected chi connectivity index (χ4v) is 3.07. The molecule has 2 N–H and O–H groups in total. The largest absolute Gasteiger partial charge is 0.465 e. The van der Waals surface area contributed by atoms with Gasteiger partial charge in [0.2, 0.25) is 0 Å². The van der Waals surface area contributed by atoms with Crippen molar-refractivity contribution in [3.63, 3.8) is 0 Å². The smallest absolute Gasteiger partial charge is 0.122 e. The van der Waals surface area contributed by atoms with Crippen LogP contribution >= 0.6 is 0 Å². The molecule has 0 aromatic heterocycles. The molecule has 0 fully saturated rings. The Kier molecular flexibility index (Phi) is 4.91. The van der Waals surface area contributed by atoms with Crippen molar-refractivity contribution in [2.24, 2.45) is 5.73 Å². The van der Waals surface area contributed by atoms with Crippen molar-refractivity contribution in [1.29, 1.82) is 0 Å². The number of hydrogen-bond acceptors (Lipinski definition) is 2. The minimum atomic E-state index is -0.440. The third kappa shape index (κ3) is 3.75. The fraction of sp³-hybridized carbons (Fsp3) is 0.217. The summed E-state index contributed by atoms with van der Waals surface area (Å²) in [4.78, 5) is 0. The molecule has 3 rings (SSSR count). The molecule has 0 saturated heterocycles. The first-order valence-corrected chi connectivity index (χ1v) is 8.63. The van der Waals surface area contributed by atoms with Crippen molar-refractivity contribution in [2.45, 2.75) is 31.2 Å². The van der Waals surface area contributed by atoms with Gasteiger partial charge in [0.05, 0.1) is 6.26 Å². The van der Waals surface area contributed by atoms with Crippen LogP contribution in [0.25, 0.3) is 6.08 Å². The molecule has 0 saturated carbocycles. The van der Waals surface area contributed by atoms with Crippen LogP contribution in [-0.2, 0) is 10.2 Å². The van der Waals surface area contributed by atoms with E-state index in [4.69, 9.17) is 10.5 Å². The van der Waals surface area contributed by atoms with Crippen LogP contribution in [0.15, 0.2) is 90.9 Å². The predicted octanol–water partition coefficient (Wildman–Crippen LogP) is 5.19. The summed E-state index contributed by atoms with van der Waals surface area (Å²) in [5.74, 6) is 0.831. The molecule has 2 aromatic carbocycles. The normalized spacial score (nSPS) is 20.5. The molecular weight excluding hydrogens is 306 g/mol. The van der Waals surface area contributed by atoms with Crippen LogP contribution in [0.5, 0.6) is 0 Å². The minimum absolute atomic E-state index is 0.174. The Morgan fingerprint density at radius 1 is 1.00 bits per heavy atom. The van der Waals surface area contributed by atoms with Crippen molar-refractivity contribution in [3.05, 3.63) is 102 Å². The first kappa shape index (κ1) is 17.2. The zero-order chi connectivity index (χ0) is 17.8. The van der Waals surface area contributed by atoms with Gasteiger partial charge in [0.25, 0.3) is 0 Å². The lowest BCUT2D eigenvalue weighted by Crippen LogP contribution is -2.54. The fourth-order valence-electron chi connectivity index (χ4n) is 3.07. The van der Waals surface area contributed by atoms with Crippen molar-refractivity contribution in [3.8, 4) is 0 Å². The van der Waals surface area contributed by atoms with Crippen LogP contribution in [0.1, 0.15) is 31.4 Å². The molecule has 0 radical (unpaired) electrons. The molecule has 0 amide bonds. The molecule has 128 valence electrons. The van der Waals surface area contributed by atoms with E-state index in [1.54, 1.807) is 6.26 Å². The minimum Gasteiger partial charge on any atom is -0.465 e. The first-order chi connectivity index (χ1) is 12.0. The van der Waals surface area contributed by atoms with E-state index < -0.39 is 5.54 Å². The molecule has 2 nitrogen and oxygen atoms in total. The van der Waals surface area contributed by atoms with Crippen molar-refractivity contribution in [2.75, 3.05) is 0 Å². The zero-order valence-electron chi connectivity index (χ0n) is 14.9. The summed E-state index contributed by atoms with van der Waals surface area (Å²) in [5.41, 5.74) is 8.48. The Balaban J connectivity index is 1.67. The summed E-state index contributed by atoms with van der Waals surface area (Å²) >= 11 is 0. The van der Waals surface area contributed by atoms with Gasteiger partial charge in [-0.1, -0.05) is 80.6 Å². The maximum absolute atomic E-state index is 6.75. The van der Waals surface area contributed by atoms with E-state index in [0.717, 1.165) is 17.7 Å². The molecule has 1 aliphatic rings. The Morgan fingerprint density at radius 2 is 1.64 bits per heavy atom. The Hall–Kier alpha value is -2.58. The Labute approximate surface area is 150 Å². The highest BCUT2D eigenvalue weighted by atomic mass is 16.5. The van der Waals surface area contributed by atoms with Gasteiger partial charge in [0, 0.05) is 11.0 Å². The molecule has 0 aliphatic heterocycles. The summed E-state index contributed by atoms with van der Waals surface area (Å²) in [6.45, 7) is 4.39. The summed E-state index contributed by atoms with van der Waals surface area (Å²) < 4.78 is 5.74. The molecule has 1 unspecified atom stereocenters. The lowest BCUT2D eigenvalue weighted by Gasteiger charge is -2.43. The second-order valence-corrected chi connectivity index (χ2v) is 7.01. The number of ether oxygens (including phenoxy) is 1. The van der Waals surface area contributed by atoms with Crippen LogP contribution in [0.3, 0.4) is 0 Å². The monoisotopic (exact) mass is 331 g/mol. The highest BCUT2D eigenvalue weighted by Gasteiger charge is 2.41. The molecular formula is C23H25NO. The molecule has 0 heterocycles. The lowest BCUT2D eigenvalue weighted by molar-refractivity contribution is 0.301. The van der Waals surface area contributed by atoms with E-state index in [2.05, 4.69) is 50.3 Å². The summed E-state index contributed by atoms with van der Waals surface area (Å²) in [7, 11) is 0. The van der Waals surface area contributed by atoms with Gasteiger partial charge in [-0.15, -0.1) is 0 Å². The topological polar surface area (TPSA) is 35.2 Å². The third-order valence-electron chi connectivity index (χ3n) is 5.11. The second-order valence-electron chi connectivity index (χ2n) is 7.01. The van der Waals surface area contributed by atoms with E-state index in [-0.39, 0.29) is 5.41 Å². The quantitative estimate of drug-likeness (QED) is 0.765. The maximum Gasteiger partial charge on any atom is 0.122 e. The number of rotatable bonds is 5. The van der Waals surface area contributed by atoms with Crippen LogP contribution in [0.4, 0.5) is 0 Å². The van der Waals surface area contributed by atoms with Crippen LogP contribution in [0, 0.1) is 0 Å². The van der Waals surface area contributed by atoms with Crippen molar-refractivity contribution >= 4 is 6.08 Å². The maximum atomic E-state index is 6.75. The molecule has 1 atom stereocenters. The summed E-state index contributed by atoms with van der Waals surface area (Å²) in [6.07, 6.45) is 10.5. The van der Waals surface area contributed by atoms with Gasteiger partial charge in [0.15, 0.2) is 0 Å². The predicted molar refractivity (Wildman–Crippen MR) is 105 cm³/mol. The van der Waals surface area contributed by atoms with Crippen molar-refractivity contribution in [1.82, 2.24) is 0 Å².